The van der Waals surface area contributed by atoms with Crippen molar-refractivity contribution in [1.82, 2.24) is 4.98 Å². The molecule has 4 rings (SSSR count). The van der Waals surface area contributed by atoms with Crippen LogP contribution in [0.2, 0.25) is 5.02 Å². The van der Waals surface area contributed by atoms with Gasteiger partial charge in [-0.2, -0.15) is 0 Å². The first-order valence-corrected chi connectivity index (χ1v) is 10.1. The number of aromatic hydroxyl groups is 1. The van der Waals surface area contributed by atoms with Crippen LogP contribution >= 0.6 is 11.6 Å². The van der Waals surface area contributed by atoms with Crippen molar-refractivity contribution in [3.05, 3.63) is 76.7 Å². The number of benzene rings is 2. The van der Waals surface area contributed by atoms with Gasteiger partial charge in [-0.3, -0.25) is 4.79 Å². The number of aromatic nitrogens is 1. The number of halogens is 2. The minimum absolute atomic E-state index is 0.126. The summed E-state index contributed by atoms with van der Waals surface area (Å²) in [5, 5.41) is 10.7. The fourth-order valence-corrected chi connectivity index (χ4v) is 4.10. The molecule has 0 spiro atoms. The largest absolute Gasteiger partial charge is 0.507 e. The van der Waals surface area contributed by atoms with Crippen LogP contribution < -0.4 is 10.6 Å². The van der Waals surface area contributed by atoms with Crippen molar-refractivity contribution in [1.29, 1.82) is 0 Å². The Hall–Kier alpha value is -3.12. The molecule has 1 amide bonds. The van der Waals surface area contributed by atoms with Crippen molar-refractivity contribution < 1.29 is 14.3 Å². The standard InChI is InChI=1S/C23H21ClFN3O2/c24-17-4-1-3-15(12-17)21-19(29)8-7-16(22(21)25)11-14-6-9-20(27-13-14)28-10-2-5-18(28)23(26)30/h1,3-4,6-9,12-13,18,29H,2,5,10-11H2,(H2,26,30)/t18-/m0/s1. The zero-order valence-corrected chi connectivity index (χ0v) is 16.9. The summed E-state index contributed by atoms with van der Waals surface area (Å²) in [6.07, 6.45) is 3.61. The van der Waals surface area contributed by atoms with Gasteiger partial charge < -0.3 is 15.7 Å². The summed E-state index contributed by atoms with van der Waals surface area (Å²) in [5.74, 6) is -0.294. The number of nitrogens with zero attached hydrogens (tertiary/aromatic N) is 2. The molecule has 0 saturated carbocycles. The van der Waals surface area contributed by atoms with Crippen molar-refractivity contribution in [2.75, 3.05) is 11.4 Å². The SMILES string of the molecule is NC(=O)[C@@H]1CCCN1c1ccc(Cc2ccc(O)c(-c3cccc(Cl)c3)c2F)cn1. The summed E-state index contributed by atoms with van der Waals surface area (Å²) in [4.78, 5) is 18.0. The summed E-state index contributed by atoms with van der Waals surface area (Å²) < 4.78 is 15.2. The smallest absolute Gasteiger partial charge is 0.240 e. The van der Waals surface area contributed by atoms with Crippen molar-refractivity contribution in [2.45, 2.75) is 25.3 Å². The molecule has 0 unspecified atom stereocenters. The average Bonchev–Trinajstić information content (AvgIpc) is 3.21. The third-order valence-corrected chi connectivity index (χ3v) is 5.63. The highest BCUT2D eigenvalue weighted by atomic mass is 35.5. The van der Waals surface area contributed by atoms with Gasteiger partial charge in [0.05, 0.1) is 5.56 Å². The Morgan fingerprint density at radius 3 is 2.80 bits per heavy atom. The zero-order valence-electron chi connectivity index (χ0n) is 16.2. The maximum atomic E-state index is 15.2. The molecule has 3 aromatic rings. The van der Waals surface area contributed by atoms with Gasteiger partial charge in [0, 0.05) is 24.2 Å². The average molecular weight is 426 g/mol. The summed E-state index contributed by atoms with van der Waals surface area (Å²) in [7, 11) is 0. The van der Waals surface area contributed by atoms with E-state index in [1.54, 1.807) is 36.5 Å². The third-order valence-electron chi connectivity index (χ3n) is 5.39. The van der Waals surface area contributed by atoms with Gasteiger partial charge in [0.15, 0.2) is 0 Å². The van der Waals surface area contributed by atoms with Crippen LogP contribution in [-0.4, -0.2) is 28.6 Å². The molecule has 7 heteroatoms. The van der Waals surface area contributed by atoms with Crippen LogP contribution in [0, 0.1) is 5.82 Å². The predicted octanol–water partition coefficient (Wildman–Crippen LogP) is 4.29. The number of hydrogen-bond acceptors (Lipinski definition) is 4. The molecule has 1 fully saturated rings. The van der Waals surface area contributed by atoms with Crippen LogP contribution in [-0.2, 0) is 11.2 Å². The number of phenolic OH excluding ortho intramolecular Hbond substituents is 1. The van der Waals surface area contributed by atoms with Gasteiger partial charge in [0.25, 0.3) is 0 Å². The first kappa shape index (κ1) is 20.2. The van der Waals surface area contributed by atoms with Crippen molar-refractivity contribution in [2.24, 2.45) is 5.73 Å². The molecule has 0 radical (unpaired) electrons. The van der Waals surface area contributed by atoms with Crippen LogP contribution in [0.15, 0.2) is 54.7 Å². The number of hydrogen-bond donors (Lipinski definition) is 2. The predicted molar refractivity (Wildman–Crippen MR) is 115 cm³/mol. The number of carbonyl (C=O) groups excluding carboxylic acids is 1. The van der Waals surface area contributed by atoms with Gasteiger partial charge in [0.1, 0.15) is 23.4 Å². The third kappa shape index (κ3) is 3.96. The van der Waals surface area contributed by atoms with Gasteiger partial charge in [-0.15, -0.1) is 0 Å². The second kappa shape index (κ2) is 8.32. The first-order chi connectivity index (χ1) is 14.4. The van der Waals surface area contributed by atoms with Crippen molar-refractivity contribution in [3.8, 4) is 16.9 Å². The van der Waals surface area contributed by atoms with E-state index in [0.717, 1.165) is 24.9 Å². The Labute approximate surface area is 178 Å². The molecule has 1 saturated heterocycles. The Bertz CT molecular complexity index is 1090. The highest BCUT2D eigenvalue weighted by Crippen LogP contribution is 2.35. The number of primary amides is 1. The molecule has 154 valence electrons. The minimum Gasteiger partial charge on any atom is -0.507 e. The number of anilines is 1. The van der Waals surface area contributed by atoms with Gasteiger partial charge in [-0.05, 0) is 53.8 Å². The Balaban J connectivity index is 1.59. The van der Waals surface area contributed by atoms with E-state index in [2.05, 4.69) is 4.98 Å². The topological polar surface area (TPSA) is 79.5 Å². The number of nitrogens with two attached hydrogens (primary N) is 1. The summed E-state index contributed by atoms with van der Waals surface area (Å²) in [6, 6.07) is 13.1. The monoisotopic (exact) mass is 425 g/mol. The van der Waals surface area contributed by atoms with E-state index in [4.69, 9.17) is 17.3 Å². The number of amides is 1. The van der Waals surface area contributed by atoms with Crippen molar-refractivity contribution in [3.63, 3.8) is 0 Å². The summed E-state index contributed by atoms with van der Waals surface area (Å²) in [5.41, 5.74) is 7.37. The van der Waals surface area contributed by atoms with Gasteiger partial charge in [-0.25, -0.2) is 9.37 Å². The van der Waals surface area contributed by atoms with Gasteiger partial charge in [-0.1, -0.05) is 35.9 Å². The number of pyridine rings is 1. The highest BCUT2D eigenvalue weighted by molar-refractivity contribution is 6.30. The number of carbonyl (C=O) groups is 1. The second-order valence-electron chi connectivity index (χ2n) is 7.40. The van der Waals surface area contributed by atoms with E-state index in [1.165, 1.54) is 6.07 Å². The molecule has 1 atom stereocenters. The molecule has 5 nitrogen and oxygen atoms in total. The normalized spacial score (nSPS) is 16.1. The molecule has 1 aliphatic rings. The molecule has 30 heavy (non-hydrogen) atoms. The second-order valence-corrected chi connectivity index (χ2v) is 7.83. The van der Waals surface area contributed by atoms with E-state index >= 15 is 4.39 Å². The molecule has 0 aliphatic carbocycles. The molecule has 2 heterocycles. The Kier molecular flexibility index (Phi) is 5.59. The number of phenols is 1. The van der Waals surface area contributed by atoms with Crippen LogP contribution in [0.4, 0.5) is 10.2 Å². The minimum atomic E-state index is -0.491. The molecule has 1 aliphatic heterocycles. The van der Waals surface area contributed by atoms with Crippen LogP contribution in [0.25, 0.3) is 11.1 Å². The lowest BCUT2D eigenvalue weighted by atomic mass is 9.97. The maximum absolute atomic E-state index is 15.2. The summed E-state index contributed by atoms with van der Waals surface area (Å²) >= 11 is 6.02. The van der Waals surface area contributed by atoms with Crippen LogP contribution in [0.5, 0.6) is 5.75 Å². The summed E-state index contributed by atoms with van der Waals surface area (Å²) in [6.45, 7) is 0.732. The van der Waals surface area contributed by atoms with E-state index in [9.17, 15) is 9.90 Å². The fraction of sp³-hybridized carbons (Fsp3) is 0.217. The van der Waals surface area contributed by atoms with E-state index in [-0.39, 0.29) is 23.3 Å². The quantitative estimate of drug-likeness (QED) is 0.639. The van der Waals surface area contributed by atoms with Crippen LogP contribution in [0.1, 0.15) is 24.0 Å². The molecule has 1 aromatic heterocycles. The molecule has 0 bridgehead atoms. The maximum Gasteiger partial charge on any atom is 0.240 e. The van der Waals surface area contributed by atoms with E-state index in [1.807, 2.05) is 17.0 Å². The lowest BCUT2D eigenvalue weighted by molar-refractivity contribution is -0.119. The Morgan fingerprint density at radius 2 is 2.10 bits per heavy atom. The Morgan fingerprint density at radius 1 is 1.27 bits per heavy atom. The molecule has 3 N–H and O–H groups in total. The van der Waals surface area contributed by atoms with E-state index in [0.29, 0.717) is 28.4 Å². The molecular formula is C23H21ClFN3O2. The zero-order chi connectivity index (χ0) is 21.3. The first-order valence-electron chi connectivity index (χ1n) is 9.71. The molecule has 2 aromatic carbocycles. The van der Waals surface area contributed by atoms with Gasteiger partial charge >= 0.3 is 0 Å². The fourth-order valence-electron chi connectivity index (χ4n) is 3.91. The van der Waals surface area contributed by atoms with E-state index < -0.39 is 5.82 Å². The lowest BCUT2D eigenvalue weighted by Gasteiger charge is -2.23. The molecular weight excluding hydrogens is 405 g/mol. The number of rotatable bonds is 5. The van der Waals surface area contributed by atoms with Crippen LogP contribution in [0.3, 0.4) is 0 Å². The lowest BCUT2D eigenvalue weighted by Crippen LogP contribution is -2.40. The highest BCUT2D eigenvalue weighted by Gasteiger charge is 2.29. The van der Waals surface area contributed by atoms with Crippen molar-refractivity contribution >= 4 is 23.3 Å². The van der Waals surface area contributed by atoms with Gasteiger partial charge in [0.2, 0.25) is 5.91 Å².